The molecule has 1 aliphatic rings. The summed E-state index contributed by atoms with van der Waals surface area (Å²) in [6, 6.07) is 5.60. The number of hydrogen-bond acceptors (Lipinski definition) is 4. The summed E-state index contributed by atoms with van der Waals surface area (Å²) < 4.78 is 36.6. The van der Waals surface area contributed by atoms with Gasteiger partial charge in [0.2, 0.25) is 5.91 Å². The van der Waals surface area contributed by atoms with Gasteiger partial charge in [-0.2, -0.15) is 17.8 Å². The van der Waals surface area contributed by atoms with Gasteiger partial charge in [0.05, 0.1) is 18.7 Å². The molecule has 2 aromatic rings. The van der Waals surface area contributed by atoms with Crippen LogP contribution in [-0.4, -0.2) is 28.8 Å². The number of rotatable bonds is 4. The second-order valence-electron chi connectivity index (χ2n) is 5.19. The number of hydrogen-bond donors (Lipinski definition) is 3. The normalized spacial score (nSPS) is 14.7. The minimum atomic E-state index is -3.81. The molecule has 4 N–H and O–H groups in total. The van der Waals surface area contributed by atoms with Gasteiger partial charge in [-0.1, -0.05) is 12.1 Å². The van der Waals surface area contributed by atoms with Gasteiger partial charge in [-0.15, -0.1) is 0 Å². The van der Waals surface area contributed by atoms with E-state index in [1.165, 1.54) is 24.3 Å². The first kappa shape index (κ1) is 15.6. The van der Waals surface area contributed by atoms with Crippen molar-refractivity contribution in [3.05, 3.63) is 46.9 Å². The van der Waals surface area contributed by atoms with E-state index in [9.17, 15) is 17.6 Å². The lowest BCUT2D eigenvalue weighted by Gasteiger charge is -2.11. The Labute approximate surface area is 131 Å². The molecule has 122 valence electrons. The van der Waals surface area contributed by atoms with E-state index in [0.717, 1.165) is 4.31 Å². The summed E-state index contributed by atoms with van der Waals surface area (Å²) in [7, 11) is -3.81. The molecule has 10 heteroatoms. The molecule has 1 amide bonds. The van der Waals surface area contributed by atoms with E-state index in [1.807, 2.05) is 0 Å². The third kappa shape index (κ3) is 3.38. The molecule has 0 radical (unpaired) electrons. The Morgan fingerprint density at radius 3 is 2.70 bits per heavy atom. The molecular weight excluding hydrogens is 325 g/mol. The second kappa shape index (κ2) is 5.72. The van der Waals surface area contributed by atoms with E-state index in [1.54, 1.807) is 0 Å². The standard InChI is InChI=1S/C13H14FN5O3S/c14-9-3-1-8(2-4-9)5-12(20)16-13-10-6-19(23(15,21)22)7-11(10)17-18-13/h1-4H,5-7H2,(H2,15,21,22)(H2,16,17,18,20). The Hall–Kier alpha value is -2.30. The topological polar surface area (TPSA) is 121 Å². The predicted octanol–water partition coefficient (Wildman–Crippen LogP) is 0.249. The smallest absolute Gasteiger partial charge is 0.277 e. The van der Waals surface area contributed by atoms with Crippen molar-refractivity contribution in [2.45, 2.75) is 19.5 Å². The van der Waals surface area contributed by atoms with Crippen molar-refractivity contribution in [1.82, 2.24) is 14.5 Å². The van der Waals surface area contributed by atoms with Gasteiger partial charge in [0, 0.05) is 12.1 Å². The molecule has 1 aromatic carbocycles. The summed E-state index contributed by atoms with van der Waals surface area (Å²) in [5.74, 6) is -0.348. The van der Waals surface area contributed by atoms with Crippen molar-refractivity contribution in [1.29, 1.82) is 0 Å². The van der Waals surface area contributed by atoms with Crippen molar-refractivity contribution in [2.75, 3.05) is 5.32 Å². The number of anilines is 1. The first-order chi connectivity index (χ1) is 10.8. The van der Waals surface area contributed by atoms with Gasteiger partial charge in [0.25, 0.3) is 10.2 Å². The number of nitrogens with two attached hydrogens (primary N) is 1. The van der Waals surface area contributed by atoms with Crippen LogP contribution in [0.25, 0.3) is 0 Å². The zero-order chi connectivity index (χ0) is 16.6. The zero-order valence-electron chi connectivity index (χ0n) is 11.9. The first-order valence-electron chi connectivity index (χ1n) is 6.71. The molecule has 2 heterocycles. The molecule has 1 aliphatic heterocycles. The fourth-order valence-corrected chi connectivity index (χ4v) is 2.97. The molecule has 0 unspecified atom stereocenters. The van der Waals surface area contributed by atoms with Gasteiger partial charge in [-0.05, 0) is 17.7 Å². The van der Waals surface area contributed by atoms with Gasteiger partial charge in [-0.25, -0.2) is 9.53 Å². The maximum Gasteiger partial charge on any atom is 0.277 e. The highest BCUT2D eigenvalue weighted by atomic mass is 32.2. The average molecular weight is 339 g/mol. The van der Waals surface area contributed by atoms with E-state index < -0.39 is 10.2 Å². The molecule has 0 spiro atoms. The second-order valence-corrected chi connectivity index (χ2v) is 6.73. The number of nitrogens with zero attached hydrogens (tertiary/aromatic N) is 2. The summed E-state index contributed by atoms with van der Waals surface area (Å²) in [6.45, 7) is 0.120. The molecule has 0 saturated heterocycles. The van der Waals surface area contributed by atoms with Crippen LogP contribution in [0, 0.1) is 5.82 Å². The van der Waals surface area contributed by atoms with Gasteiger partial charge in [-0.3, -0.25) is 9.89 Å². The van der Waals surface area contributed by atoms with E-state index in [-0.39, 0.29) is 31.2 Å². The van der Waals surface area contributed by atoms with Crippen LogP contribution in [0.1, 0.15) is 16.8 Å². The van der Waals surface area contributed by atoms with Crippen LogP contribution in [0.5, 0.6) is 0 Å². The Bertz CT molecular complexity index is 847. The van der Waals surface area contributed by atoms with E-state index in [0.29, 0.717) is 22.6 Å². The van der Waals surface area contributed by atoms with Crippen LogP contribution >= 0.6 is 0 Å². The Morgan fingerprint density at radius 2 is 2.04 bits per heavy atom. The molecular formula is C13H14FN5O3S. The monoisotopic (exact) mass is 339 g/mol. The molecule has 1 aromatic heterocycles. The number of halogens is 1. The maximum atomic E-state index is 12.8. The van der Waals surface area contributed by atoms with Crippen molar-refractivity contribution in [3.63, 3.8) is 0 Å². The number of fused-ring (bicyclic) bond motifs is 1. The van der Waals surface area contributed by atoms with Crippen LogP contribution in [-0.2, 0) is 34.5 Å². The lowest BCUT2D eigenvalue weighted by Crippen LogP contribution is -2.32. The zero-order valence-corrected chi connectivity index (χ0v) is 12.7. The van der Waals surface area contributed by atoms with Crippen LogP contribution < -0.4 is 10.5 Å². The van der Waals surface area contributed by atoms with Gasteiger partial charge in [0.15, 0.2) is 0 Å². The molecule has 23 heavy (non-hydrogen) atoms. The summed E-state index contributed by atoms with van der Waals surface area (Å²) in [6.07, 6.45) is 0.0625. The quantitative estimate of drug-likeness (QED) is 0.739. The Morgan fingerprint density at radius 1 is 1.35 bits per heavy atom. The summed E-state index contributed by atoms with van der Waals surface area (Å²) >= 11 is 0. The lowest BCUT2D eigenvalue weighted by molar-refractivity contribution is -0.115. The SMILES string of the molecule is NS(=O)(=O)N1Cc2n[nH]c(NC(=O)Cc3ccc(F)cc3)c2C1. The lowest BCUT2D eigenvalue weighted by atomic mass is 10.1. The molecule has 3 rings (SSSR count). The average Bonchev–Trinajstić information content (AvgIpc) is 3.03. The minimum absolute atomic E-state index is 0.0524. The number of carbonyl (C=O) groups is 1. The first-order valence-corrected chi connectivity index (χ1v) is 8.21. The minimum Gasteiger partial charge on any atom is -0.311 e. The highest BCUT2D eigenvalue weighted by Gasteiger charge is 2.31. The third-order valence-electron chi connectivity index (χ3n) is 3.52. The fourth-order valence-electron chi connectivity index (χ4n) is 2.36. The van der Waals surface area contributed by atoms with Crippen LogP contribution in [0.4, 0.5) is 10.2 Å². The molecule has 8 nitrogen and oxygen atoms in total. The predicted molar refractivity (Wildman–Crippen MR) is 79.7 cm³/mol. The summed E-state index contributed by atoms with van der Waals surface area (Å²) in [5.41, 5.74) is 1.77. The summed E-state index contributed by atoms with van der Waals surface area (Å²) in [5, 5.41) is 14.4. The van der Waals surface area contributed by atoms with Gasteiger partial charge in [0.1, 0.15) is 11.6 Å². The van der Waals surface area contributed by atoms with Crippen LogP contribution in [0.3, 0.4) is 0 Å². The maximum absolute atomic E-state index is 12.8. The molecule has 0 aliphatic carbocycles. The van der Waals surface area contributed by atoms with Crippen molar-refractivity contribution in [3.8, 4) is 0 Å². The number of amides is 1. The van der Waals surface area contributed by atoms with Crippen molar-refractivity contribution >= 4 is 21.9 Å². The van der Waals surface area contributed by atoms with Crippen molar-refractivity contribution < 1.29 is 17.6 Å². The molecule has 0 atom stereocenters. The number of aromatic nitrogens is 2. The highest BCUT2D eigenvalue weighted by Crippen LogP contribution is 2.28. The summed E-state index contributed by atoms with van der Waals surface area (Å²) in [4.78, 5) is 12.0. The van der Waals surface area contributed by atoms with E-state index >= 15 is 0 Å². The van der Waals surface area contributed by atoms with Gasteiger partial charge < -0.3 is 5.32 Å². The number of carbonyl (C=O) groups excluding carboxylic acids is 1. The van der Waals surface area contributed by atoms with Crippen LogP contribution in [0.15, 0.2) is 24.3 Å². The molecule has 0 saturated carbocycles. The van der Waals surface area contributed by atoms with E-state index in [4.69, 9.17) is 5.14 Å². The Kier molecular flexibility index (Phi) is 3.88. The largest absolute Gasteiger partial charge is 0.311 e. The fraction of sp³-hybridized carbons (Fsp3) is 0.231. The third-order valence-corrected chi connectivity index (χ3v) is 4.49. The number of nitrogens with one attached hydrogen (secondary N) is 2. The molecule has 0 fully saturated rings. The van der Waals surface area contributed by atoms with Gasteiger partial charge >= 0.3 is 0 Å². The number of H-pyrrole nitrogens is 1. The molecule has 0 bridgehead atoms. The number of aromatic amines is 1. The van der Waals surface area contributed by atoms with E-state index in [2.05, 4.69) is 15.5 Å². The van der Waals surface area contributed by atoms with Crippen LogP contribution in [0.2, 0.25) is 0 Å². The highest BCUT2D eigenvalue weighted by molar-refractivity contribution is 7.86. The number of benzene rings is 1. The Balaban J connectivity index is 1.68. The van der Waals surface area contributed by atoms with Crippen molar-refractivity contribution in [2.24, 2.45) is 5.14 Å².